The second-order valence-electron chi connectivity index (χ2n) is 4.45. The predicted octanol–water partition coefficient (Wildman–Crippen LogP) is 0.0984. The van der Waals surface area contributed by atoms with E-state index in [-0.39, 0.29) is 24.8 Å². The van der Waals surface area contributed by atoms with Crippen molar-refractivity contribution in [3.05, 3.63) is 0 Å². The van der Waals surface area contributed by atoms with Crippen molar-refractivity contribution in [3.8, 4) is 0 Å². The van der Waals surface area contributed by atoms with Gasteiger partial charge in [0.15, 0.2) is 0 Å². The second kappa shape index (κ2) is 6.48. The third-order valence-electron chi connectivity index (χ3n) is 2.45. The lowest BCUT2D eigenvalue weighted by Gasteiger charge is -2.26. The minimum atomic E-state index is -0.436. The summed E-state index contributed by atoms with van der Waals surface area (Å²) in [6.07, 6.45) is 0.221. The van der Waals surface area contributed by atoms with E-state index in [2.05, 4.69) is 5.32 Å². The highest BCUT2D eigenvalue weighted by Gasteiger charge is 2.21. The Bertz CT molecular complexity index is 248. The molecule has 5 heteroatoms. The van der Waals surface area contributed by atoms with Gasteiger partial charge in [-0.3, -0.25) is 9.59 Å². The fraction of sp³-hybridized carbons (Fsp3) is 0.818. The molecule has 0 spiro atoms. The molecule has 94 valence electrons. The molecule has 0 aliphatic carbocycles. The number of nitrogens with two attached hydrogens (primary N) is 1. The predicted molar refractivity (Wildman–Crippen MR) is 63.8 cm³/mol. The average Bonchev–Trinajstić information content (AvgIpc) is 2.15. The summed E-state index contributed by atoms with van der Waals surface area (Å²) < 4.78 is 0. The molecule has 2 amide bonds. The quantitative estimate of drug-likeness (QED) is 0.650. The highest BCUT2D eigenvalue weighted by Crippen LogP contribution is 2.06. The normalized spacial score (nSPS) is 11.2. The minimum absolute atomic E-state index is 0.0440. The Balaban J connectivity index is 4.12. The van der Waals surface area contributed by atoms with E-state index in [1.165, 1.54) is 0 Å². The Labute approximate surface area is 97.4 Å². The summed E-state index contributed by atoms with van der Waals surface area (Å²) in [5.74, 6) is -0.324. The standard InChI is InChI=1S/C11H23N3O2/c1-5-14(6-2)10(16)8-13-11(3,4)7-9(12)15/h13H,5-8H2,1-4H3,(H2,12,15). The Morgan fingerprint density at radius 2 is 1.75 bits per heavy atom. The maximum atomic E-state index is 11.7. The molecule has 16 heavy (non-hydrogen) atoms. The summed E-state index contributed by atoms with van der Waals surface area (Å²) in [4.78, 5) is 24.2. The first-order valence-corrected chi connectivity index (χ1v) is 5.63. The third-order valence-corrected chi connectivity index (χ3v) is 2.45. The highest BCUT2D eigenvalue weighted by atomic mass is 16.2. The van der Waals surface area contributed by atoms with Crippen LogP contribution in [0.15, 0.2) is 0 Å². The molecule has 0 saturated heterocycles. The van der Waals surface area contributed by atoms with Gasteiger partial charge in [-0.2, -0.15) is 0 Å². The van der Waals surface area contributed by atoms with Crippen LogP contribution >= 0.6 is 0 Å². The van der Waals surface area contributed by atoms with Crippen molar-refractivity contribution < 1.29 is 9.59 Å². The maximum Gasteiger partial charge on any atom is 0.236 e. The molecular weight excluding hydrogens is 206 g/mol. The zero-order chi connectivity index (χ0) is 12.8. The fourth-order valence-electron chi connectivity index (χ4n) is 1.50. The monoisotopic (exact) mass is 229 g/mol. The van der Waals surface area contributed by atoms with Crippen molar-refractivity contribution in [1.82, 2.24) is 10.2 Å². The first-order chi connectivity index (χ1) is 7.32. The number of nitrogens with zero attached hydrogens (tertiary/aromatic N) is 1. The van der Waals surface area contributed by atoms with Crippen molar-refractivity contribution in [1.29, 1.82) is 0 Å². The molecule has 0 heterocycles. The van der Waals surface area contributed by atoms with Crippen molar-refractivity contribution in [2.45, 2.75) is 39.7 Å². The number of carbonyl (C=O) groups excluding carboxylic acids is 2. The van der Waals surface area contributed by atoms with Crippen LogP contribution in [0.2, 0.25) is 0 Å². The molecule has 0 fully saturated rings. The highest BCUT2D eigenvalue weighted by molar-refractivity contribution is 5.78. The summed E-state index contributed by atoms with van der Waals surface area (Å²) in [5.41, 5.74) is 4.69. The van der Waals surface area contributed by atoms with Crippen molar-refractivity contribution >= 4 is 11.8 Å². The SMILES string of the molecule is CCN(CC)C(=O)CNC(C)(C)CC(N)=O. The summed E-state index contributed by atoms with van der Waals surface area (Å²) in [6, 6.07) is 0. The van der Waals surface area contributed by atoms with Gasteiger partial charge in [-0.15, -0.1) is 0 Å². The average molecular weight is 229 g/mol. The van der Waals surface area contributed by atoms with E-state index in [1.54, 1.807) is 4.90 Å². The Hall–Kier alpha value is -1.10. The molecule has 0 radical (unpaired) electrons. The number of hydrogen-bond acceptors (Lipinski definition) is 3. The Morgan fingerprint density at radius 1 is 1.25 bits per heavy atom. The van der Waals surface area contributed by atoms with Crippen molar-refractivity contribution in [2.75, 3.05) is 19.6 Å². The lowest BCUT2D eigenvalue weighted by Crippen LogP contribution is -2.48. The third kappa shape index (κ3) is 5.70. The summed E-state index contributed by atoms with van der Waals surface area (Å²) in [6.45, 7) is 9.23. The minimum Gasteiger partial charge on any atom is -0.370 e. The molecule has 0 aromatic heterocycles. The molecule has 0 aliphatic rings. The number of amides is 2. The fourth-order valence-corrected chi connectivity index (χ4v) is 1.50. The summed E-state index contributed by atoms with van der Waals surface area (Å²) in [5, 5.41) is 3.05. The summed E-state index contributed by atoms with van der Waals surface area (Å²) >= 11 is 0. The van der Waals surface area contributed by atoms with E-state index >= 15 is 0 Å². The van der Waals surface area contributed by atoms with Gasteiger partial charge in [0.2, 0.25) is 11.8 Å². The van der Waals surface area contributed by atoms with Gasteiger partial charge >= 0.3 is 0 Å². The molecule has 3 N–H and O–H groups in total. The van der Waals surface area contributed by atoms with Gasteiger partial charge < -0.3 is 16.0 Å². The second-order valence-corrected chi connectivity index (χ2v) is 4.45. The maximum absolute atomic E-state index is 11.7. The molecule has 0 aromatic rings. The topological polar surface area (TPSA) is 75.4 Å². The molecule has 0 saturated carbocycles. The van der Waals surface area contributed by atoms with Gasteiger partial charge in [0, 0.05) is 25.0 Å². The van der Waals surface area contributed by atoms with Gasteiger partial charge in [0.05, 0.1) is 6.54 Å². The number of primary amides is 1. The van der Waals surface area contributed by atoms with Gasteiger partial charge in [0.25, 0.3) is 0 Å². The van der Waals surface area contributed by atoms with Crippen LogP contribution in [0, 0.1) is 0 Å². The zero-order valence-corrected chi connectivity index (χ0v) is 10.7. The number of rotatable bonds is 7. The van der Waals surface area contributed by atoms with E-state index in [9.17, 15) is 9.59 Å². The van der Waals surface area contributed by atoms with Gasteiger partial charge in [-0.05, 0) is 27.7 Å². The van der Waals surface area contributed by atoms with Crippen LogP contribution in [0.4, 0.5) is 0 Å². The molecular formula is C11H23N3O2. The first kappa shape index (κ1) is 14.9. The molecule has 0 aromatic carbocycles. The largest absolute Gasteiger partial charge is 0.370 e. The zero-order valence-electron chi connectivity index (χ0n) is 10.7. The Kier molecular flexibility index (Phi) is 6.03. The van der Waals surface area contributed by atoms with E-state index in [0.717, 1.165) is 0 Å². The Morgan fingerprint density at radius 3 is 2.12 bits per heavy atom. The molecule has 0 rings (SSSR count). The lowest BCUT2D eigenvalue weighted by molar-refractivity contribution is -0.130. The van der Waals surface area contributed by atoms with Gasteiger partial charge in [-0.25, -0.2) is 0 Å². The van der Waals surface area contributed by atoms with Crippen LogP contribution in [0.5, 0.6) is 0 Å². The van der Waals surface area contributed by atoms with Gasteiger partial charge in [-0.1, -0.05) is 0 Å². The van der Waals surface area contributed by atoms with Crippen molar-refractivity contribution in [2.24, 2.45) is 5.73 Å². The van der Waals surface area contributed by atoms with Crippen LogP contribution in [-0.2, 0) is 9.59 Å². The lowest BCUT2D eigenvalue weighted by atomic mass is 10.0. The number of likely N-dealkylation sites (N-methyl/N-ethyl adjacent to an activating group) is 1. The number of carbonyl (C=O) groups is 2. The van der Waals surface area contributed by atoms with E-state index < -0.39 is 5.54 Å². The van der Waals surface area contributed by atoms with Crippen LogP contribution < -0.4 is 11.1 Å². The van der Waals surface area contributed by atoms with Crippen LogP contribution in [0.3, 0.4) is 0 Å². The van der Waals surface area contributed by atoms with Gasteiger partial charge in [0.1, 0.15) is 0 Å². The number of nitrogens with one attached hydrogen (secondary N) is 1. The first-order valence-electron chi connectivity index (χ1n) is 5.63. The van der Waals surface area contributed by atoms with Crippen LogP contribution in [0.1, 0.15) is 34.1 Å². The molecule has 0 bridgehead atoms. The molecule has 0 unspecified atom stereocenters. The number of hydrogen-bond donors (Lipinski definition) is 2. The van der Waals surface area contributed by atoms with E-state index in [4.69, 9.17) is 5.73 Å². The van der Waals surface area contributed by atoms with E-state index in [0.29, 0.717) is 13.1 Å². The smallest absolute Gasteiger partial charge is 0.236 e. The van der Waals surface area contributed by atoms with E-state index in [1.807, 2.05) is 27.7 Å². The van der Waals surface area contributed by atoms with Crippen molar-refractivity contribution in [3.63, 3.8) is 0 Å². The molecule has 5 nitrogen and oxygen atoms in total. The van der Waals surface area contributed by atoms with Crippen LogP contribution in [-0.4, -0.2) is 41.9 Å². The molecule has 0 aliphatic heterocycles. The molecule has 0 atom stereocenters. The summed E-state index contributed by atoms with van der Waals surface area (Å²) in [7, 11) is 0. The van der Waals surface area contributed by atoms with Crippen LogP contribution in [0.25, 0.3) is 0 Å².